The van der Waals surface area contributed by atoms with Gasteiger partial charge in [-0.3, -0.25) is 0 Å². The minimum Gasteiger partial charge on any atom is -0.487 e. The summed E-state index contributed by atoms with van der Waals surface area (Å²) < 4.78 is 41.9. The van der Waals surface area contributed by atoms with Gasteiger partial charge in [0, 0.05) is 23.4 Å². The van der Waals surface area contributed by atoms with Crippen LogP contribution in [-0.2, 0) is 32.5 Å². The molecule has 3 aromatic carbocycles. The molecule has 1 aliphatic heterocycles. The van der Waals surface area contributed by atoms with Crippen LogP contribution in [0.25, 0.3) is 11.0 Å². The zero-order chi connectivity index (χ0) is 32.5. The lowest BCUT2D eigenvalue weighted by atomic mass is 9.79. The number of ether oxygens (including phenoxy) is 1. The number of rotatable bonds is 8. The Morgan fingerprint density at radius 2 is 1.70 bits per heavy atom. The van der Waals surface area contributed by atoms with Crippen LogP contribution >= 0.6 is 0 Å². The molecule has 1 N–H and O–H groups in total. The first-order chi connectivity index (χ1) is 22.0. The molecular formula is C37H42N2O6S. The number of benzene rings is 3. The first kappa shape index (κ1) is 32.0. The fourth-order valence-electron chi connectivity index (χ4n) is 6.59. The maximum Gasteiger partial charge on any atom is 0.353 e. The fourth-order valence-corrected chi connectivity index (χ4v) is 7.92. The molecule has 1 spiro atoms. The minimum atomic E-state index is -3.98. The van der Waals surface area contributed by atoms with E-state index in [4.69, 9.17) is 14.0 Å². The number of hydrogen-bond acceptors (Lipinski definition) is 7. The Balaban J connectivity index is 1.36. The van der Waals surface area contributed by atoms with Crippen molar-refractivity contribution in [1.29, 1.82) is 0 Å². The average Bonchev–Trinajstić information content (AvgIpc) is 3.04. The molecule has 8 nitrogen and oxygen atoms in total. The normalized spacial score (nSPS) is 17.1. The molecule has 0 bridgehead atoms. The van der Waals surface area contributed by atoms with Gasteiger partial charge in [-0.1, -0.05) is 68.3 Å². The number of carbonyl (C=O) groups is 1. The summed E-state index contributed by atoms with van der Waals surface area (Å²) in [4.78, 5) is 18.9. The highest BCUT2D eigenvalue weighted by Gasteiger charge is 2.38. The zero-order valence-corrected chi connectivity index (χ0v) is 27.8. The van der Waals surface area contributed by atoms with E-state index in [1.807, 2.05) is 50.2 Å². The molecule has 2 heterocycles. The number of fused-ring (bicyclic) bond motifs is 2. The molecule has 242 valence electrons. The van der Waals surface area contributed by atoms with E-state index < -0.39 is 28.0 Å². The molecule has 46 heavy (non-hydrogen) atoms. The molecule has 0 amide bonds. The van der Waals surface area contributed by atoms with Crippen molar-refractivity contribution in [1.82, 2.24) is 4.72 Å². The van der Waals surface area contributed by atoms with Gasteiger partial charge in [-0.25, -0.2) is 13.2 Å². The van der Waals surface area contributed by atoms with Crippen LogP contribution in [0, 0.1) is 19.8 Å². The van der Waals surface area contributed by atoms with Crippen LogP contribution < -0.4 is 15.0 Å². The van der Waals surface area contributed by atoms with Crippen molar-refractivity contribution in [2.75, 3.05) is 0 Å². The lowest BCUT2D eigenvalue weighted by molar-refractivity contribution is -0.147. The van der Waals surface area contributed by atoms with E-state index in [1.165, 1.54) is 37.0 Å². The van der Waals surface area contributed by atoms with E-state index in [2.05, 4.69) is 15.9 Å². The third kappa shape index (κ3) is 6.76. The third-order valence-corrected chi connectivity index (χ3v) is 10.9. The lowest BCUT2D eigenvalue weighted by Gasteiger charge is -2.41. The average molecular weight is 643 g/mol. The van der Waals surface area contributed by atoms with Crippen molar-refractivity contribution in [3.05, 3.63) is 100 Å². The van der Waals surface area contributed by atoms with E-state index in [-0.39, 0.29) is 16.1 Å². The minimum absolute atomic E-state index is 0.0688. The molecule has 1 aliphatic carbocycles. The van der Waals surface area contributed by atoms with E-state index in [9.17, 15) is 13.2 Å². The molecule has 1 fully saturated rings. The molecule has 6 rings (SSSR count). The molecule has 1 aromatic heterocycles. The highest BCUT2D eigenvalue weighted by atomic mass is 32.2. The molecular weight excluding hydrogens is 600 g/mol. The van der Waals surface area contributed by atoms with E-state index in [0.29, 0.717) is 12.0 Å². The molecule has 9 heteroatoms. The molecule has 0 unspecified atom stereocenters. The molecule has 0 radical (unpaired) electrons. The second kappa shape index (κ2) is 13.0. The third-order valence-electron chi connectivity index (χ3n) is 9.40. The SMILES string of the molecule is Cc1ccc(S(=O)(=O)N[C@@H](C(=O)O/N=c2/oc3cc4c(cc3c(C)c2Cc2ccccc2)CCC2(CCCCC2)O4)C(C)C)cc1. The van der Waals surface area contributed by atoms with Crippen molar-refractivity contribution in [2.24, 2.45) is 11.1 Å². The van der Waals surface area contributed by atoms with Gasteiger partial charge >= 0.3 is 5.97 Å². The fraction of sp³-hybridized carbons (Fsp3) is 0.405. The summed E-state index contributed by atoms with van der Waals surface area (Å²) in [5.41, 5.74) is 5.55. The van der Waals surface area contributed by atoms with Crippen molar-refractivity contribution in [3.63, 3.8) is 0 Å². The van der Waals surface area contributed by atoms with E-state index in [0.717, 1.165) is 59.1 Å². The first-order valence-electron chi connectivity index (χ1n) is 16.2. The summed E-state index contributed by atoms with van der Waals surface area (Å²) in [5, 5.41) is 5.20. The highest BCUT2D eigenvalue weighted by molar-refractivity contribution is 7.89. The van der Waals surface area contributed by atoms with Crippen molar-refractivity contribution in [2.45, 2.75) is 95.6 Å². The molecule has 0 saturated heterocycles. The quantitative estimate of drug-likeness (QED) is 0.163. The number of aryl methyl sites for hydroxylation is 3. The number of sulfonamides is 1. The second-order valence-corrected chi connectivity index (χ2v) is 14.8. The Morgan fingerprint density at radius 3 is 2.39 bits per heavy atom. The van der Waals surface area contributed by atoms with E-state index >= 15 is 0 Å². The van der Waals surface area contributed by atoms with Gasteiger partial charge in [0.1, 0.15) is 23.0 Å². The largest absolute Gasteiger partial charge is 0.487 e. The van der Waals surface area contributed by atoms with Gasteiger partial charge in [0.2, 0.25) is 10.0 Å². The zero-order valence-electron chi connectivity index (χ0n) is 27.0. The molecule has 2 aliphatic rings. The Hall–Kier alpha value is -3.95. The monoisotopic (exact) mass is 642 g/mol. The summed E-state index contributed by atoms with van der Waals surface area (Å²) >= 11 is 0. The molecule has 1 atom stereocenters. The van der Waals surface area contributed by atoms with Gasteiger partial charge < -0.3 is 14.0 Å². The summed E-state index contributed by atoms with van der Waals surface area (Å²) in [5.74, 6) is -0.386. The maximum atomic E-state index is 13.4. The van der Waals surface area contributed by atoms with Crippen LogP contribution in [0.3, 0.4) is 0 Å². The van der Waals surface area contributed by atoms with Crippen LogP contribution in [0.15, 0.2) is 81.2 Å². The van der Waals surface area contributed by atoms with Gasteiger partial charge in [0.25, 0.3) is 5.55 Å². The van der Waals surface area contributed by atoms with Crippen molar-refractivity contribution < 1.29 is 27.2 Å². The summed E-state index contributed by atoms with van der Waals surface area (Å²) in [7, 11) is -3.98. The lowest BCUT2D eigenvalue weighted by Crippen LogP contribution is -2.45. The molecule has 4 aromatic rings. The van der Waals surface area contributed by atoms with Crippen LogP contribution in [0.1, 0.15) is 80.2 Å². The standard InChI is InChI=1S/C37H42N2O6S/c1-24(2)34(39-46(41,42)29-15-13-25(3)14-16-29)36(40)45-38-35-31(21-27-11-7-5-8-12-27)26(4)30-22-28-17-20-37(18-9-6-10-19-37)44-32(28)23-33(30)43-35/h5,7-8,11-16,22-24,34,39H,6,9-10,17-21H2,1-4H3/b38-35+/t34-/m1/s1. The number of hydrogen-bond donors (Lipinski definition) is 1. The number of nitrogens with one attached hydrogen (secondary N) is 1. The van der Waals surface area contributed by atoms with E-state index in [1.54, 1.807) is 26.0 Å². The second-order valence-electron chi connectivity index (χ2n) is 13.1. The Morgan fingerprint density at radius 1 is 0.978 bits per heavy atom. The van der Waals surface area contributed by atoms with Crippen LogP contribution in [0.4, 0.5) is 0 Å². The molecule has 1 saturated carbocycles. The van der Waals surface area contributed by atoms with Gasteiger partial charge in [0.05, 0.1) is 4.90 Å². The summed E-state index contributed by atoms with van der Waals surface area (Å²) in [6.45, 7) is 7.40. The maximum absolute atomic E-state index is 13.4. The van der Waals surface area contributed by atoms with Gasteiger partial charge in [-0.05, 0) is 98.3 Å². The number of nitrogens with zero attached hydrogens (tertiary/aromatic N) is 1. The number of carbonyl (C=O) groups excluding carboxylic acids is 1. The Labute approximate surface area is 270 Å². The van der Waals surface area contributed by atoms with Gasteiger partial charge in [-0.15, -0.1) is 0 Å². The van der Waals surface area contributed by atoms with Gasteiger partial charge in [-0.2, -0.15) is 4.72 Å². The summed E-state index contributed by atoms with van der Waals surface area (Å²) in [6.07, 6.45) is 8.24. The van der Waals surface area contributed by atoms with Crippen LogP contribution in [-0.4, -0.2) is 26.0 Å². The summed E-state index contributed by atoms with van der Waals surface area (Å²) in [6, 6.07) is 19.4. The Kier molecular flexibility index (Phi) is 9.08. The predicted octanol–water partition coefficient (Wildman–Crippen LogP) is 7.03. The van der Waals surface area contributed by atoms with Crippen molar-refractivity contribution >= 4 is 27.0 Å². The van der Waals surface area contributed by atoms with Gasteiger partial charge in [0.15, 0.2) is 0 Å². The first-order valence-corrected chi connectivity index (χ1v) is 17.7. The predicted molar refractivity (Wildman–Crippen MR) is 177 cm³/mol. The van der Waals surface area contributed by atoms with Crippen LogP contribution in [0.5, 0.6) is 5.75 Å². The Bertz CT molecular complexity index is 1910. The van der Waals surface area contributed by atoms with Crippen molar-refractivity contribution in [3.8, 4) is 5.75 Å². The smallest absolute Gasteiger partial charge is 0.353 e. The highest BCUT2D eigenvalue weighted by Crippen LogP contribution is 2.43. The topological polar surface area (TPSA) is 107 Å². The van der Waals surface area contributed by atoms with Crippen LogP contribution in [0.2, 0.25) is 0 Å².